The van der Waals surface area contributed by atoms with Crippen LogP contribution in [0.4, 0.5) is 17.6 Å². The lowest BCUT2D eigenvalue weighted by molar-refractivity contribution is -0.140. The van der Waals surface area contributed by atoms with E-state index >= 15 is 0 Å². The normalized spacial score (nSPS) is 11.8. The number of ether oxygens (including phenoxy) is 1. The first kappa shape index (κ1) is 17.4. The van der Waals surface area contributed by atoms with Gasteiger partial charge in [-0.15, -0.1) is 0 Å². The van der Waals surface area contributed by atoms with Gasteiger partial charge in [0, 0.05) is 18.7 Å². The molecule has 0 atom stereocenters. The van der Waals surface area contributed by atoms with Crippen LogP contribution in [-0.2, 0) is 10.9 Å². The fourth-order valence-electron chi connectivity index (χ4n) is 1.54. The summed E-state index contributed by atoms with van der Waals surface area (Å²) in [4.78, 5) is 11.7. The number of amides is 1. The number of carbonyl (C=O) groups is 1. The molecule has 0 fully saturated rings. The predicted molar refractivity (Wildman–Crippen MR) is 69.4 cm³/mol. The van der Waals surface area contributed by atoms with E-state index in [-0.39, 0.29) is 18.7 Å². The zero-order valence-corrected chi connectivity index (χ0v) is 11.8. The second kappa shape index (κ2) is 7.40. The SMILES string of the molecule is CC(C)COCCNC(=O)c1ccc(F)c(C(F)(F)F)c1. The van der Waals surface area contributed by atoms with Crippen LogP contribution in [0.1, 0.15) is 29.8 Å². The molecule has 1 aromatic carbocycles. The molecule has 1 amide bonds. The number of hydrogen-bond donors (Lipinski definition) is 1. The Labute approximate surface area is 120 Å². The molecule has 3 nitrogen and oxygen atoms in total. The highest BCUT2D eigenvalue weighted by atomic mass is 19.4. The maximum absolute atomic E-state index is 13.1. The lowest BCUT2D eigenvalue weighted by Gasteiger charge is -2.11. The molecule has 0 bridgehead atoms. The summed E-state index contributed by atoms with van der Waals surface area (Å²) in [7, 11) is 0. The third-order valence-electron chi connectivity index (χ3n) is 2.52. The van der Waals surface area contributed by atoms with E-state index in [0.717, 1.165) is 6.07 Å². The zero-order valence-electron chi connectivity index (χ0n) is 11.8. The third-order valence-corrected chi connectivity index (χ3v) is 2.52. The highest BCUT2D eigenvalue weighted by molar-refractivity contribution is 5.94. The van der Waals surface area contributed by atoms with Gasteiger partial charge in [-0.3, -0.25) is 4.79 Å². The highest BCUT2D eigenvalue weighted by Crippen LogP contribution is 2.31. The molecule has 7 heteroatoms. The van der Waals surface area contributed by atoms with Gasteiger partial charge in [-0.25, -0.2) is 4.39 Å². The van der Waals surface area contributed by atoms with E-state index in [1.165, 1.54) is 0 Å². The fourth-order valence-corrected chi connectivity index (χ4v) is 1.54. The Morgan fingerprint density at radius 2 is 2.00 bits per heavy atom. The van der Waals surface area contributed by atoms with Crippen LogP contribution >= 0.6 is 0 Å². The van der Waals surface area contributed by atoms with Crippen molar-refractivity contribution in [3.63, 3.8) is 0 Å². The van der Waals surface area contributed by atoms with Gasteiger partial charge in [-0.2, -0.15) is 13.2 Å². The number of carbonyl (C=O) groups excluding carboxylic acids is 1. The minimum atomic E-state index is -4.83. The van der Waals surface area contributed by atoms with Gasteiger partial charge >= 0.3 is 6.18 Å². The molecular weight excluding hydrogens is 290 g/mol. The van der Waals surface area contributed by atoms with Crippen LogP contribution in [0.25, 0.3) is 0 Å². The van der Waals surface area contributed by atoms with Gasteiger partial charge in [-0.1, -0.05) is 13.8 Å². The Morgan fingerprint density at radius 1 is 1.33 bits per heavy atom. The number of hydrogen-bond acceptors (Lipinski definition) is 2. The first-order valence-electron chi connectivity index (χ1n) is 6.44. The molecule has 0 aliphatic rings. The molecule has 0 aliphatic carbocycles. The van der Waals surface area contributed by atoms with Crippen LogP contribution in [-0.4, -0.2) is 25.7 Å². The molecule has 0 spiro atoms. The summed E-state index contributed by atoms with van der Waals surface area (Å²) in [5.74, 6) is -1.75. The van der Waals surface area contributed by atoms with Gasteiger partial charge in [0.05, 0.1) is 12.2 Å². The van der Waals surface area contributed by atoms with Crippen molar-refractivity contribution in [3.05, 3.63) is 35.1 Å². The van der Waals surface area contributed by atoms with E-state index in [0.29, 0.717) is 24.7 Å². The molecule has 0 aliphatic heterocycles. The van der Waals surface area contributed by atoms with Crippen molar-refractivity contribution in [2.75, 3.05) is 19.8 Å². The quantitative estimate of drug-likeness (QED) is 0.647. The van der Waals surface area contributed by atoms with E-state index in [1.54, 1.807) is 0 Å². The Kier molecular flexibility index (Phi) is 6.14. The van der Waals surface area contributed by atoms with Gasteiger partial charge in [0.1, 0.15) is 5.82 Å². The fraction of sp³-hybridized carbons (Fsp3) is 0.500. The number of benzene rings is 1. The number of nitrogens with one attached hydrogen (secondary N) is 1. The Balaban J connectivity index is 2.59. The Morgan fingerprint density at radius 3 is 2.57 bits per heavy atom. The molecule has 1 aromatic rings. The zero-order chi connectivity index (χ0) is 16.0. The molecule has 0 unspecified atom stereocenters. The lowest BCUT2D eigenvalue weighted by atomic mass is 10.1. The van der Waals surface area contributed by atoms with E-state index in [2.05, 4.69) is 5.32 Å². The minimum absolute atomic E-state index is 0.171. The maximum Gasteiger partial charge on any atom is 0.419 e. The van der Waals surface area contributed by atoms with E-state index in [4.69, 9.17) is 4.74 Å². The van der Waals surface area contributed by atoms with Crippen molar-refractivity contribution in [3.8, 4) is 0 Å². The number of rotatable bonds is 6. The summed E-state index contributed by atoms with van der Waals surface area (Å²) < 4.78 is 55.9. The van der Waals surface area contributed by atoms with Gasteiger partial charge < -0.3 is 10.1 Å². The van der Waals surface area contributed by atoms with Gasteiger partial charge in [0.25, 0.3) is 5.91 Å². The third kappa shape index (κ3) is 5.71. The van der Waals surface area contributed by atoms with Crippen LogP contribution in [0.5, 0.6) is 0 Å². The molecule has 118 valence electrons. The second-order valence-electron chi connectivity index (χ2n) is 4.92. The topological polar surface area (TPSA) is 38.3 Å². The smallest absolute Gasteiger partial charge is 0.379 e. The molecule has 1 rings (SSSR count). The number of alkyl halides is 3. The lowest BCUT2D eigenvalue weighted by Crippen LogP contribution is -2.28. The van der Waals surface area contributed by atoms with Gasteiger partial charge in [0.2, 0.25) is 0 Å². The van der Waals surface area contributed by atoms with Crippen molar-refractivity contribution in [1.29, 1.82) is 0 Å². The van der Waals surface area contributed by atoms with Crippen molar-refractivity contribution in [2.24, 2.45) is 5.92 Å². The van der Waals surface area contributed by atoms with Crippen molar-refractivity contribution >= 4 is 5.91 Å². The summed E-state index contributed by atoms with van der Waals surface area (Å²) in [6.07, 6.45) is -4.83. The van der Waals surface area contributed by atoms with Crippen LogP contribution < -0.4 is 5.32 Å². The van der Waals surface area contributed by atoms with Crippen LogP contribution in [0.2, 0.25) is 0 Å². The van der Waals surface area contributed by atoms with Crippen molar-refractivity contribution in [1.82, 2.24) is 5.32 Å². The Hall–Kier alpha value is -1.63. The molecule has 0 radical (unpaired) electrons. The summed E-state index contributed by atoms with van der Waals surface area (Å²) in [5.41, 5.74) is -1.70. The molecule has 0 saturated carbocycles. The second-order valence-corrected chi connectivity index (χ2v) is 4.92. The van der Waals surface area contributed by atoms with Crippen molar-refractivity contribution in [2.45, 2.75) is 20.0 Å². The Bertz CT molecular complexity index is 486. The van der Waals surface area contributed by atoms with Crippen LogP contribution in [0.15, 0.2) is 18.2 Å². The molecular formula is C14H17F4NO2. The summed E-state index contributed by atoms with van der Waals surface area (Å²) >= 11 is 0. The van der Waals surface area contributed by atoms with Crippen LogP contribution in [0.3, 0.4) is 0 Å². The van der Waals surface area contributed by atoms with Crippen LogP contribution in [0, 0.1) is 11.7 Å². The van der Waals surface area contributed by atoms with Gasteiger partial charge in [-0.05, 0) is 24.1 Å². The van der Waals surface area contributed by atoms with E-state index in [9.17, 15) is 22.4 Å². The summed E-state index contributed by atoms with van der Waals surface area (Å²) in [5, 5.41) is 2.42. The van der Waals surface area contributed by atoms with Crippen molar-refractivity contribution < 1.29 is 27.1 Å². The molecule has 0 heterocycles. The highest BCUT2D eigenvalue weighted by Gasteiger charge is 2.34. The largest absolute Gasteiger partial charge is 0.419 e. The number of halogens is 4. The average molecular weight is 307 g/mol. The standard InChI is InChI=1S/C14H17F4NO2/c1-9(2)8-21-6-5-19-13(20)10-3-4-12(15)11(7-10)14(16,17)18/h3-4,7,9H,5-6,8H2,1-2H3,(H,19,20). The predicted octanol–water partition coefficient (Wildman–Crippen LogP) is 3.25. The summed E-state index contributed by atoms with van der Waals surface area (Å²) in [6.45, 7) is 4.90. The average Bonchev–Trinajstić information content (AvgIpc) is 2.36. The monoisotopic (exact) mass is 307 g/mol. The van der Waals surface area contributed by atoms with Gasteiger partial charge in [0.15, 0.2) is 0 Å². The maximum atomic E-state index is 13.1. The molecule has 21 heavy (non-hydrogen) atoms. The first-order valence-corrected chi connectivity index (χ1v) is 6.44. The summed E-state index contributed by atoms with van der Waals surface area (Å²) in [6, 6.07) is 2.14. The van der Waals surface area contributed by atoms with E-state index < -0.39 is 23.5 Å². The molecule has 0 saturated heterocycles. The molecule has 1 N–H and O–H groups in total. The first-order chi connectivity index (χ1) is 9.71. The van der Waals surface area contributed by atoms with E-state index in [1.807, 2.05) is 13.8 Å². The minimum Gasteiger partial charge on any atom is -0.379 e. The molecule has 0 aromatic heterocycles.